The third kappa shape index (κ3) is 2.51. The summed E-state index contributed by atoms with van der Waals surface area (Å²) in [6.07, 6.45) is 7.71. The molecule has 0 aromatic rings. The Kier molecular flexibility index (Phi) is 4.94. The summed E-state index contributed by atoms with van der Waals surface area (Å²) in [6.45, 7) is 5.75. The van der Waals surface area contributed by atoms with Gasteiger partial charge in [-0.3, -0.25) is 9.59 Å². The van der Waals surface area contributed by atoms with Crippen molar-refractivity contribution in [2.45, 2.75) is 69.5 Å². The van der Waals surface area contributed by atoms with Crippen LogP contribution in [-0.2, 0) is 19.1 Å². The Bertz CT molecular complexity index is 805. The average Bonchev–Trinajstić information content (AvgIpc) is 2.95. The van der Waals surface area contributed by atoms with Gasteiger partial charge in [0.05, 0.1) is 11.0 Å². The number of aliphatic hydroxyl groups excluding tert-OH is 1. The van der Waals surface area contributed by atoms with Crippen LogP contribution in [0.3, 0.4) is 0 Å². The van der Waals surface area contributed by atoms with E-state index in [1.54, 1.807) is 26.2 Å². The molecule has 0 aromatic carbocycles. The Morgan fingerprint density at radius 3 is 2.69 bits per heavy atom. The summed E-state index contributed by atoms with van der Waals surface area (Å²) in [5, 5.41) is 11.5. The number of carbonyl (C=O) groups is 2. The van der Waals surface area contributed by atoms with Gasteiger partial charge >= 0.3 is 0 Å². The highest BCUT2D eigenvalue weighted by Gasteiger charge is 2.73. The average molecular weight is 423 g/mol. The Labute approximate surface area is 177 Å². The Hall–Kier alpha value is -1.01. The van der Waals surface area contributed by atoms with Gasteiger partial charge in [0, 0.05) is 17.9 Å². The van der Waals surface area contributed by atoms with E-state index < -0.39 is 27.4 Å². The van der Waals surface area contributed by atoms with Gasteiger partial charge in [-0.1, -0.05) is 25.5 Å². The van der Waals surface area contributed by atoms with E-state index in [1.165, 1.54) is 0 Å². The zero-order chi connectivity index (χ0) is 21.2. The first-order chi connectivity index (χ1) is 13.6. The normalized spacial score (nSPS) is 48.6. The van der Waals surface area contributed by atoms with Crippen LogP contribution in [0.25, 0.3) is 0 Å². The standard InChI is InChI=1S/C23H31ClO5/c1-14(25)22(29-13-28-4)10-8-17-18-6-5-15-11-16(26)7-9-20(15,2)23(18,24)19(27)12-21(17,22)3/h7,9,11,17-19,27H,5-6,8,10,12-13H2,1-4H3/t17-,18-,19-,20-,21-,22-,23-/m0/s1. The number of ketones is 2. The van der Waals surface area contributed by atoms with Crippen LogP contribution in [-0.4, -0.2) is 47.2 Å². The molecule has 3 saturated carbocycles. The fourth-order valence-electron chi connectivity index (χ4n) is 7.27. The van der Waals surface area contributed by atoms with Crippen molar-refractivity contribution in [1.29, 1.82) is 0 Å². The Balaban J connectivity index is 1.79. The molecule has 0 amide bonds. The molecule has 0 aliphatic heterocycles. The molecule has 0 saturated heterocycles. The number of ether oxygens (including phenoxy) is 2. The van der Waals surface area contributed by atoms with Crippen molar-refractivity contribution in [2.75, 3.05) is 13.9 Å². The quantitative estimate of drug-likeness (QED) is 0.553. The zero-order valence-electron chi connectivity index (χ0n) is 17.7. The van der Waals surface area contributed by atoms with Crippen LogP contribution in [0.2, 0.25) is 0 Å². The van der Waals surface area contributed by atoms with Gasteiger partial charge in [-0.25, -0.2) is 0 Å². The summed E-state index contributed by atoms with van der Waals surface area (Å²) >= 11 is 7.39. The number of alkyl halides is 1. The number of halogens is 1. The molecule has 0 spiro atoms. The first kappa shape index (κ1) is 21.2. The number of aliphatic hydroxyl groups is 1. The first-order valence-corrected chi connectivity index (χ1v) is 10.9. The van der Waals surface area contributed by atoms with E-state index in [2.05, 4.69) is 6.92 Å². The SMILES string of the molecule is COCO[C@]1(C(C)=O)CC[C@H]2[C@@H]3CCC4=CC(=O)C=C[C@]4(C)[C@@]3(Cl)[C@@H](O)C[C@@]21C. The second-order valence-corrected chi connectivity index (χ2v) is 10.4. The van der Waals surface area contributed by atoms with Crippen LogP contribution < -0.4 is 0 Å². The van der Waals surface area contributed by atoms with Gasteiger partial charge in [-0.15, -0.1) is 11.6 Å². The molecule has 0 radical (unpaired) electrons. The summed E-state index contributed by atoms with van der Waals surface area (Å²) in [6, 6.07) is 0. The third-order valence-electron chi connectivity index (χ3n) is 8.75. The number of rotatable bonds is 4. The van der Waals surface area contributed by atoms with Crippen LogP contribution >= 0.6 is 11.6 Å². The van der Waals surface area contributed by atoms with Gasteiger partial charge in [-0.2, -0.15) is 0 Å². The Morgan fingerprint density at radius 1 is 1.31 bits per heavy atom. The van der Waals surface area contributed by atoms with Crippen molar-refractivity contribution in [3.8, 4) is 0 Å². The van der Waals surface area contributed by atoms with E-state index in [0.717, 1.165) is 24.8 Å². The number of carbonyl (C=O) groups excluding carboxylic acids is 2. The van der Waals surface area contributed by atoms with Gasteiger partial charge < -0.3 is 14.6 Å². The molecule has 1 N–H and O–H groups in total. The number of methoxy groups -OCH3 is 1. The van der Waals surface area contributed by atoms with Crippen molar-refractivity contribution < 1.29 is 24.2 Å². The summed E-state index contributed by atoms with van der Waals surface area (Å²) in [5.41, 5.74) is -1.07. The summed E-state index contributed by atoms with van der Waals surface area (Å²) in [4.78, 5) is 23.9. The monoisotopic (exact) mass is 422 g/mol. The second kappa shape index (κ2) is 6.74. The zero-order valence-corrected chi connectivity index (χ0v) is 18.4. The van der Waals surface area contributed by atoms with E-state index in [-0.39, 0.29) is 30.2 Å². The number of allylic oxidation sites excluding steroid dienone is 4. The molecule has 29 heavy (non-hydrogen) atoms. The molecule has 0 heterocycles. The van der Waals surface area contributed by atoms with Gasteiger partial charge in [0.25, 0.3) is 0 Å². The maximum absolute atomic E-state index is 12.9. The number of Topliss-reactive ketones (excluding diaryl/α,β-unsaturated/α-hetero) is 1. The van der Waals surface area contributed by atoms with Crippen molar-refractivity contribution in [1.82, 2.24) is 0 Å². The topological polar surface area (TPSA) is 72.8 Å². The lowest BCUT2D eigenvalue weighted by Crippen LogP contribution is -2.68. The highest BCUT2D eigenvalue weighted by molar-refractivity contribution is 6.26. The maximum atomic E-state index is 12.9. The van der Waals surface area contributed by atoms with Gasteiger partial charge in [0.15, 0.2) is 11.6 Å². The molecule has 4 rings (SSSR count). The number of hydrogen-bond donors (Lipinski definition) is 1. The highest BCUT2D eigenvalue weighted by atomic mass is 35.5. The largest absolute Gasteiger partial charge is 0.391 e. The maximum Gasteiger partial charge on any atom is 0.178 e. The molecule has 0 bridgehead atoms. The van der Waals surface area contributed by atoms with Crippen LogP contribution in [0, 0.1) is 22.7 Å². The highest BCUT2D eigenvalue weighted by Crippen LogP contribution is 2.71. The lowest BCUT2D eigenvalue weighted by atomic mass is 9.45. The van der Waals surface area contributed by atoms with Gasteiger partial charge in [0.2, 0.25) is 0 Å². The molecule has 0 unspecified atom stereocenters. The summed E-state index contributed by atoms with van der Waals surface area (Å²) in [5.74, 6) is 0.134. The van der Waals surface area contributed by atoms with E-state index in [4.69, 9.17) is 21.1 Å². The molecule has 7 atom stereocenters. The predicted molar refractivity (Wildman–Crippen MR) is 109 cm³/mol. The lowest BCUT2D eigenvalue weighted by Gasteiger charge is -2.64. The molecular formula is C23H31ClO5. The van der Waals surface area contributed by atoms with E-state index in [1.807, 2.05) is 13.0 Å². The van der Waals surface area contributed by atoms with Crippen molar-refractivity contribution in [3.05, 3.63) is 23.8 Å². The minimum Gasteiger partial charge on any atom is -0.391 e. The molecule has 6 heteroatoms. The lowest BCUT2D eigenvalue weighted by molar-refractivity contribution is -0.208. The van der Waals surface area contributed by atoms with Crippen LogP contribution in [0.15, 0.2) is 23.8 Å². The molecule has 4 aliphatic rings. The second-order valence-electron chi connectivity index (χ2n) is 9.74. The van der Waals surface area contributed by atoms with E-state index >= 15 is 0 Å². The summed E-state index contributed by atoms with van der Waals surface area (Å²) in [7, 11) is 1.55. The smallest absolute Gasteiger partial charge is 0.178 e. The molecule has 3 fully saturated rings. The predicted octanol–water partition coefficient (Wildman–Crippen LogP) is 3.57. The number of fused-ring (bicyclic) bond motifs is 5. The van der Waals surface area contributed by atoms with Crippen LogP contribution in [0.5, 0.6) is 0 Å². The molecule has 160 valence electrons. The van der Waals surface area contributed by atoms with Crippen LogP contribution in [0.1, 0.15) is 52.9 Å². The Morgan fingerprint density at radius 2 is 2.03 bits per heavy atom. The van der Waals surface area contributed by atoms with E-state index in [0.29, 0.717) is 12.8 Å². The first-order valence-electron chi connectivity index (χ1n) is 10.5. The molecule has 0 aromatic heterocycles. The number of hydrogen-bond acceptors (Lipinski definition) is 5. The van der Waals surface area contributed by atoms with Crippen molar-refractivity contribution >= 4 is 23.2 Å². The summed E-state index contributed by atoms with van der Waals surface area (Å²) < 4.78 is 11.2. The molecule has 5 nitrogen and oxygen atoms in total. The van der Waals surface area contributed by atoms with Gasteiger partial charge in [0.1, 0.15) is 12.4 Å². The fourth-order valence-corrected chi connectivity index (χ4v) is 7.80. The van der Waals surface area contributed by atoms with Crippen molar-refractivity contribution in [2.24, 2.45) is 22.7 Å². The van der Waals surface area contributed by atoms with E-state index in [9.17, 15) is 14.7 Å². The fraction of sp³-hybridized carbons (Fsp3) is 0.739. The molecular weight excluding hydrogens is 392 g/mol. The van der Waals surface area contributed by atoms with Crippen molar-refractivity contribution in [3.63, 3.8) is 0 Å². The minimum absolute atomic E-state index is 0.0143. The van der Waals surface area contributed by atoms with Gasteiger partial charge in [-0.05, 0) is 63.0 Å². The molecule has 4 aliphatic carbocycles. The minimum atomic E-state index is -0.970. The third-order valence-corrected chi connectivity index (χ3v) is 9.68. The van der Waals surface area contributed by atoms with Crippen LogP contribution in [0.4, 0.5) is 0 Å².